The average molecular weight is 257 g/mol. The topological polar surface area (TPSA) is 75.6 Å². The molecule has 1 fully saturated rings. The molecule has 1 aliphatic rings. The van der Waals surface area contributed by atoms with Crippen LogP contribution in [-0.2, 0) is 14.3 Å². The number of carboxylic acid groups (broad SMARTS) is 1. The molecule has 1 heterocycles. The van der Waals surface area contributed by atoms with E-state index in [-0.39, 0.29) is 24.5 Å². The van der Waals surface area contributed by atoms with Crippen LogP contribution in [0.5, 0.6) is 0 Å². The SMILES string of the molecule is CCCC(CCC)C(=O)NC1COCC1C(=O)O. The van der Waals surface area contributed by atoms with Gasteiger partial charge in [-0.1, -0.05) is 26.7 Å². The Hall–Kier alpha value is -1.10. The Kier molecular flexibility index (Phi) is 6.12. The van der Waals surface area contributed by atoms with Crippen LogP contribution in [0.25, 0.3) is 0 Å². The molecular weight excluding hydrogens is 234 g/mol. The van der Waals surface area contributed by atoms with Gasteiger partial charge < -0.3 is 15.2 Å². The third-order valence-corrected chi connectivity index (χ3v) is 3.37. The zero-order valence-corrected chi connectivity index (χ0v) is 11.1. The molecule has 5 heteroatoms. The second-order valence-corrected chi connectivity index (χ2v) is 4.87. The summed E-state index contributed by atoms with van der Waals surface area (Å²) >= 11 is 0. The smallest absolute Gasteiger partial charge is 0.311 e. The highest BCUT2D eigenvalue weighted by atomic mass is 16.5. The minimum Gasteiger partial charge on any atom is -0.481 e. The van der Waals surface area contributed by atoms with Crippen LogP contribution in [0.15, 0.2) is 0 Å². The van der Waals surface area contributed by atoms with Crippen molar-refractivity contribution < 1.29 is 19.4 Å². The fourth-order valence-electron chi connectivity index (χ4n) is 2.34. The van der Waals surface area contributed by atoms with Crippen molar-refractivity contribution >= 4 is 11.9 Å². The van der Waals surface area contributed by atoms with Crippen LogP contribution in [0, 0.1) is 11.8 Å². The molecular formula is C13H23NO4. The molecule has 0 aromatic heterocycles. The quantitative estimate of drug-likeness (QED) is 0.723. The Labute approximate surface area is 108 Å². The van der Waals surface area contributed by atoms with E-state index in [1.165, 1.54) is 0 Å². The van der Waals surface area contributed by atoms with Crippen molar-refractivity contribution in [2.24, 2.45) is 11.8 Å². The predicted octanol–water partition coefficient (Wildman–Crippen LogP) is 1.42. The van der Waals surface area contributed by atoms with Gasteiger partial charge in [-0.3, -0.25) is 9.59 Å². The Morgan fingerprint density at radius 1 is 1.28 bits per heavy atom. The van der Waals surface area contributed by atoms with Crippen LogP contribution in [0.4, 0.5) is 0 Å². The maximum Gasteiger partial charge on any atom is 0.311 e. The summed E-state index contributed by atoms with van der Waals surface area (Å²) in [5, 5.41) is 11.8. The van der Waals surface area contributed by atoms with E-state index in [0.29, 0.717) is 6.61 Å². The molecule has 0 spiro atoms. The highest BCUT2D eigenvalue weighted by molar-refractivity contribution is 5.80. The molecule has 2 unspecified atom stereocenters. The van der Waals surface area contributed by atoms with Gasteiger partial charge in [-0.25, -0.2) is 0 Å². The minimum absolute atomic E-state index is 0.00459. The molecule has 0 bridgehead atoms. The van der Waals surface area contributed by atoms with Crippen molar-refractivity contribution in [2.45, 2.75) is 45.6 Å². The summed E-state index contributed by atoms with van der Waals surface area (Å²) in [6.07, 6.45) is 3.62. The zero-order valence-electron chi connectivity index (χ0n) is 11.1. The van der Waals surface area contributed by atoms with E-state index in [2.05, 4.69) is 19.2 Å². The molecule has 1 amide bonds. The second kappa shape index (κ2) is 7.36. The van der Waals surface area contributed by atoms with Gasteiger partial charge in [0.05, 0.1) is 19.3 Å². The van der Waals surface area contributed by atoms with Gasteiger partial charge in [-0.05, 0) is 12.8 Å². The minimum atomic E-state index is -0.902. The van der Waals surface area contributed by atoms with Crippen molar-refractivity contribution in [3.8, 4) is 0 Å². The highest BCUT2D eigenvalue weighted by Crippen LogP contribution is 2.18. The van der Waals surface area contributed by atoms with E-state index in [0.717, 1.165) is 25.7 Å². The maximum absolute atomic E-state index is 12.1. The Morgan fingerprint density at radius 3 is 2.39 bits per heavy atom. The first-order valence-corrected chi connectivity index (χ1v) is 6.71. The number of carbonyl (C=O) groups is 2. The van der Waals surface area contributed by atoms with E-state index in [9.17, 15) is 9.59 Å². The molecule has 0 aromatic carbocycles. The van der Waals surface area contributed by atoms with E-state index in [1.54, 1.807) is 0 Å². The predicted molar refractivity (Wildman–Crippen MR) is 67.2 cm³/mol. The third-order valence-electron chi connectivity index (χ3n) is 3.37. The Morgan fingerprint density at radius 2 is 1.89 bits per heavy atom. The Bertz CT molecular complexity index is 287. The standard InChI is InChI=1S/C13H23NO4/c1-3-5-9(6-4-2)12(15)14-11-8-18-7-10(11)13(16)17/h9-11H,3-8H2,1-2H3,(H,14,15)(H,16,17). The summed E-state index contributed by atoms with van der Waals surface area (Å²) in [6.45, 7) is 4.59. The van der Waals surface area contributed by atoms with Crippen molar-refractivity contribution in [1.82, 2.24) is 5.32 Å². The number of amides is 1. The number of aliphatic carboxylic acids is 1. The normalized spacial score (nSPS) is 23.3. The number of hydrogen-bond donors (Lipinski definition) is 2. The molecule has 0 aromatic rings. The molecule has 1 saturated heterocycles. The molecule has 1 aliphatic heterocycles. The van der Waals surface area contributed by atoms with Crippen LogP contribution in [-0.4, -0.2) is 36.2 Å². The van der Waals surface area contributed by atoms with Gasteiger partial charge in [0.15, 0.2) is 0 Å². The van der Waals surface area contributed by atoms with Crippen molar-refractivity contribution in [3.63, 3.8) is 0 Å². The third kappa shape index (κ3) is 3.98. The van der Waals surface area contributed by atoms with E-state index in [1.807, 2.05) is 0 Å². The average Bonchev–Trinajstić information content (AvgIpc) is 2.77. The number of nitrogens with one attached hydrogen (secondary N) is 1. The van der Waals surface area contributed by atoms with Crippen molar-refractivity contribution in [3.05, 3.63) is 0 Å². The summed E-state index contributed by atoms with van der Waals surface area (Å²) in [7, 11) is 0. The van der Waals surface area contributed by atoms with E-state index in [4.69, 9.17) is 9.84 Å². The molecule has 5 nitrogen and oxygen atoms in total. The molecule has 1 rings (SSSR count). The van der Waals surface area contributed by atoms with Crippen molar-refractivity contribution in [1.29, 1.82) is 0 Å². The lowest BCUT2D eigenvalue weighted by Gasteiger charge is -2.20. The maximum atomic E-state index is 12.1. The fourth-order valence-corrected chi connectivity index (χ4v) is 2.34. The molecule has 2 atom stereocenters. The largest absolute Gasteiger partial charge is 0.481 e. The lowest BCUT2D eigenvalue weighted by atomic mass is 9.96. The first-order valence-electron chi connectivity index (χ1n) is 6.71. The number of carbonyl (C=O) groups excluding carboxylic acids is 1. The number of rotatable bonds is 7. The van der Waals surface area contributed by atoms with Crippen molar-refractivity contribution in [2.75, 3.05) is 13.2 Å². The summed E-state index contributed by atoms with van der Waals surface area (Å²) in [4.78, 5) is 23.1. The van der Waals surface area contributed by atoms with Crippen LogP contribution in [0.2, 0.25) is 0 Å². The highest BCUT2D eigenvalue weighted by Gasteiger charge is 2.35. The first kappa shape index (κ1) is 15.0. The summed E-state index contributed by atoms with van der Waals surface area (Å²) in [5.74, 6) is -1.55. The lowest BCUT2D eigenvalue weighted by Crippen LogP contribution is -2.45. The molecule has 0 saturated carbocycles. The van der Waals surface area contributed by atoms with Gasteiger partial charge in [0.1, 0.15) is 5.92 Å². The first-order chi connectivity index (χ1) is 8.60. The number of carboxylic acids is 1. The zero-order chi connectivity index (χ0) is 13.5. The van der Waals surface area contributed by atoms with Gasteiger partial charge in [0.25, 0.3) is 0 Å². The van der Waals surface area contributed by atoms with Crippen LogP contribution < -0.4 is 5.32 Å². The van der Waals surface area contributed by atoms with E-state index >= 15 is 0 Å². The van der Waals surface area contributed by atoms with Gasteiger partial charge in [-0.2, -0.15) is 0 Å². The summed E-state index contributed by atoms with van der Waals surface area (Å²) in [6, 6.07) is -0.383. The number of hydrogen-bond acceptors (Lipinski definition) is 3. The Balaban J connectivity index is 2.53. The molecule has 2 N–H and O–H groups in total. The van der Waals surface area contributed by atoms with Gasteiger partial charge in [0, 0.05) is 5.92 Å². The number of ether oxygens (including phenoxy) is 1. The monoisotopic (exact) mass is 257 g/mol. The van der Waals surface area contributed by atoms with Gasteiger partial charge in [-0.15, -0.1) is 0 Å². The molecule has 0 aliphatic carbocycles. The molecule has 18 heavy (non-hydrogen) atoms. The van der Waals surface area contributed by atoms with E-state index < -0.39 is 11.9 Å². The molecule has 0 radical (unpaired) electrons. The fraction of sp³-hybridized carbons (Fsp3) is 0.846. The van der Waals surface area contributed by atoms with Crippen LogP contribution >= 0.6 is 0 Å². The summed E-state index contributed by atoms with van der Waals surface area (Å²) in [5.41, 5.74) is 0. The summed E-state index contributed by atoms with van der Waals surface area (Å²) < 4.78 is 5.14. The van der Waals surface area contributed by atoms with Crippen LogP contribution in [0.1, 0.15) is 39.5 Å². The molecule has 104 valence electrons. The van der Waals surface area contributed by atoms with Gasteiger partial charge >= 0.3 is 5.97 Å². The lowest BCUT2D eigenvalue weighted by molar-refractivity contribution is -0.142. The van der Waals surface area contributed by atoms with Crippen LogP contribution in [0.3, 0.4) is 0 Å². The second-order valence-electron chi connectivity index (χ2n) is 4.87. The van der Waals surface area contributed by atoms with Gasteiger partial charge in [0.2, 0.25) is 5.91 Å².